The van der Waals surface area contributed by atoms with Crippen molar-refractivity contribution in [3.63, 3.8) is 0 Å². The molecule has 3 heterocycles. The number of hydrogen-bond acceptors (Lipinski definition) is 7. The highest BCUT2D eigenvalue weighted by Crippen LogP contribution is 2.28. The van der Waals surface area contributed by atoms with Crippen molar-refractivity contribution in [2.75, 3.05) is 10.6 Å². The van der Waals surface area contributed by atoms with E-state index in [-0.39, 0.29) is 29.3 Å². The Morgan fingerprint density at radius 3 is 2.83 bits per heavy atom. The van der Waals surface area contributed by atoms with Gasteiger partial charge in [-0.3, -0.25) is 14.8 Å². The van der Waals surface area contributed by atoms with Gasteiger partial charge in [0.1, 0.15) is 5.82 Å². The Bertz CT molecular complexity index is 1050. The first kappa shape index (κ1) is 19.0. The summed E-state index contributed by atoms with van der Waals surface area (Å²) in [6.45, 7) is 0. The normalized spacial score (nSPS) is 19.1. The van der Waals surface area contributed by atoms with Gasteiger partial charge in [-0.2, -0.15) is 0 Å². The number of nitrogens with zero attached hydrogens (tertiary/aromatic N) is 3. The molecule has 0 saturated heterocycles. The van der Waals surface area contributed by atoms with Crippen LogP contribution in [0.4, 0.5) is 21.7 Å². The summed E-state index contributed by atoms with van der Waals surface area (Å²) < 4.78 is 14.6. The van der Waals surface area contributed by atoms with Gasteiger partial charge in [0.15, 0.2) is 11.6 Å². The number of fused-ring (bicyclic) bond motifs is 1. The summed E-state index contributed by atoms with van der Waals surface area (Å²) in [4.78, 5) is 24.7. The second-order valence-electron chi connectivity index (χ2n) is 7.17. The number of pyridine rings is 3. The Hall–Kier alpha value is -3.33. The van der Waals surface area contributed by atoms with Gasteiger partial charge in [0.05, 0.1) is 23.0 Å². The standard InChI is InChI=1S/C20H22FN7O/c21-13-8-12(18(23)29)19(28-20(13)26-15-6-2-1-5-14(15)22)27-16-10-24-9-11-4-3-7-25-17(11)16/h3-4,7-10,14-15H,1-2,5-6,22H2,(H2,23,29)(H2,26,27,28). The van der Waals surface area contributed by atoms with E-state index in [4.69, 9.17) is 11.5 Å². The summed E-state index contributed by atoms with van der Waals surface area (Å²) in [7, 11) is 0. The molecule has 150 valence electrons. The summed E-state index contributed by atoms with van der Waals surface area (Å²) in [5.74, 6) is -1.29. The zero-order valence-electron chi connectivity index (χ0n) is 15.7. The summed E-state index contributed by atoms with van der Waals surface area (Å²) in [6.07, 6.45) is 8.68. The number of nitrogens with two attached hydrogens (primary N) is 2. The van der Waals surface area contributed by atoms with Crippen LogP contribution < -0.4 is 22.1 Å². The molecule has 0 bridgehead atoms. The minimum absolute atomic E-state index is 0.0287. The predicted molar refractivity (Wildman–Crippen MR) is 109 cm³/mol. The first-order valence-electron chi connectivity index (χ1n) is 9.51. The molecule has 0 radical (unpaired) electrons. The fourth-order valence-corrected chi connectivity index (χ4v) is 3.61. The number of rotatable bonds is 5. The summed E-state index contributed by atoms with van der Waals surface area (Å²) in [6, 6.07) is 4.59. The lowest BCUT2D eigenvalue weighted by molar-refractivity contribution is 0.100. The maximum Gasteiger partial charge on any atom is 0.252 e. The van der Waals surface area contributed by atoms with Crippen molar-refractivity contribution in [3.8, 4) is 0 Å². The van der Waals surface area contributed by atoms with Gasteiger partial charge in [0.2, 0.25) is 0 Å². The van der Waals surface area contributed by atoms with Crippen LogP contribution in [0.5, 0.6) is 0 Å². The average molecular weight is 395 g/mol. The number of hydrogen-bond donors (Lipinski definition) is 4. The van der Waals surface area contributed by atoms with Crippen molar-refractivity contribution < 1.29 is 9.18 Å². The van der Waals surface area contributed by atoms with Gasteiger partial charge in [0, 0.05) is 29.9 Å². The Morgan fingerprint density at radius 1 is 1.21 bits per heavy atom. The Morgan fingerprint density at radius 2 is 2.03 bits per heavy atom. The minimum Gasteiger partial charge on any atom is -0.365 e. The van der Waals surface area contributed by atoms with Crippen molar-refractivity contribution in [1.82, 2.24) is 15.0 Å². The summed E-state index contributed by atoms with van der Waals surface area (Å²) >= 11 is 0. The minimum atomic E-state index is -0.791. The number of primary amides is 1. The van der Waals surface area contributed by atoms with E-state index in [2.05, 4.69) is 25.6 Å². The van der Waals surface area contributed by atoms with Crippen LogP contribution in [0.2, 0.25) is 0 Å². The van der Waals surface area contributed by atoms with Crippen molar-refractivity contribution >= 4 is 34.1 Å². The van der Waals surface area contributed by atoms with E-state index in [1.807, 2.05) is 6.07 Å². The molecule has 0 aromatic carbocycles. The van der Waals surface area contributed by atoms with Crippen LogP contribution in [0.25, 0.3) is 10.9 Å². The summed E-state index contributed by atoms with van der Waals surface area (Å²) in [5.41, 5.74) is 12.7. The van der Waals surface area contributed by atoms with Gasteiger partial charge in [-0.15, -0.1) is 0 Å². The first-order valence-corrected chi connectivity index (χ1v) is 9.51. The average Bonchev–Trinajstić information content (AvgIpc) is 2.72. The van der Waals surface area contributed by atoms with E-state index < -0.39 is 11.7 Å². The maximum atomic E-state index is 14.6. The van der Waals surface area contributed by atoms with E-state index in [0.29, 0.717) is 11.2 Å². The molecule has 1 aliphatic carbocycles. The molecule has 1 aliphatic rings. The van der Waals surface area contributed by atoms with Gasteiger partial charge in [-0.25, -0.2) is 9.37 Å². The third-order valence-electron chi connectivity index (χ3n) is 5.15. The SMILES string of the molecule is NC(=O)c1cc(F)c(NC2CCCCC2N)nc1Nc1cncc2cccnc12. The van der Waals surface area contributed by atoms with Crippen molar-refractivity contribution in [2.45, 2.75) is 37.8 Å². The van der Waals surface area contributed by atoms with Crippen LogP contribution in [0.1, 0.15) is 36.0 Å². The molecule has 4 rings (SSSR count). The lowest BCUT2D eigenvalue weighted by atomic mass is 9.91. The molecule has 1 saturated carbocycles. The van der Waals surface area contributed by atoms with Crippen LogP contribution in [0.15, 0.2) is 36.8 Å². The molecule has 6 N–H and O–H groups in total. The molecule has 8 nitrogen and oxygen atoms in total. The molecule has 2 unspecified atom stereocenters. The third kappa shape index (κ3) is 3.95. The van der Waals surface area contributed by atoms with E-state index in [1.165, 1.54) is 0 Å². The Labute approximate surface area is 166 Å². The molecule has 9 heteroatoms. The molecular formula is C20H22FN7O. The highest BCUT2D eigenvalue weighted by molar-refractivity contribution is 6.00. The smallest absolute Gasteiger partial charge is 0.252 e. The fraction of sp³-hybridized carbons (Fsp3) is 0.300. The van der Waals surface area contributed by atoms with Gasteiger partial charge in [-0.1, -0.05) is 12.8 Å². The molecule has 1 fully saturated rings. The second kappa shape index (κ2) is 7.96. The van der Waals surface area contributed by atoms with Crippen LogP contribution >= 0.6 is 0 Å². The molecule has 2 atom stereocenters. The predicted octanol–water partition coefficient (Wildman–Crippen LogP) is 2.69. The molecule has 0 spiro atoms. The molecule has 3 aromatic heterocycles. The van der Waals surface area contributed by atoms with Gasteiger partial charge >= 0.3 is 0 Å². The monoisotopic (exact) mass is 395 g/mol. The topological polar surface area (TPSA) is 132 Å². The van der Waals surface area contributed by atoms with Gasteiger partial charge in [-0.05, 0) is 31.0 Å². The Balaban J connectivity index is 1.72. The number of carbonyl (C=O) groups is 1. The Kier molecular flexibility index (Phi) is 5.22. The largest absolute Gasteiger partial charge is 0.365 e. The number of amides is 1. The van der Waals surface area contributed by atoms with E-state index >= 15 is 0 Å². The molecule has 29 heavy (non-hydrogen) atoms. The van der Waals surface area contributed by atoms with Gasteiger partial charge in [0.25, 0.3) is 5.91 Å². The number of anilines is 3. The molecule has 1 amide bonds. The van der Waals surface area contributed by atoms with Crippen LogP contribution in [0, 0.1) is 5.82 Å². The molecule has 3 aromatic rings. The van der Waals surface area contributed by atoms with Crippen molar-refractivity contribution in [1.29, 1.82) is 0 Å². The number of carbonyl (C=O) groups excluding carboxylic acids is 1. The molecular weight excluding hydrogens is 373 g/mol. The number of nitrogens with one attached hydrogen (secondary N) is 2. The third-order valence-corrected chi connectivity index (χ3v) is 5.15. The first-order chi connectivity index (χ1) is 14.0. The molecule has 0 aliphatic heterocycles. The van der Waals surface area contributed by atoms with Crippen LogP contribution in [-0.4, -0.2) is 32.9 Å². The van der Waals surface area contributed by atoms with Crippen molar-refractivity contribution in [2.24, 2.45) is 11.5 Å². The number of aromatic nitrogens is 3. The van der Waals surface area contributed by atoms with E-state index in [1.54, 1.807) is 24.7 Å². The second-order valence-corrected chi connectivity index (χ2v) is 7.17. The zero-order chi connectivity index (χ0) is 20.4. The zero-order valence-corrected chi connectivity index (χ0v) is 15.7. The lowest BCUT2D eigenvalue weighted by Crippen LogP contribution is -2.43. The van der Waals surface area contributed by atoms with Crippen LogP contribution in [-0.2, 0) is 0 Å². The highest BCUT2D eigenvalue weighted by Gasteiger charge is 2.24. The highest BCUT2D eigenvalue weighted by atomic mass is 19.1. The number of halogens is 1. The van der Waals surface area contributed by atoms with Gasteiger partial charge < -0.3 is 22.1 Å². The van der Waals surface area contributed by atoms with E-state index in [9.17, 15) is 9.18 Å². The van der Waals surface area contributed by atoms with E-state index in [0.717, 1.165) is 37.1 Å². The van der Waals surface area contributed by atoms with Crippen molar-refractivity contribution in [3.05, 3.63) is 48.2 Å². The quantitative estimate of drug-likeness (QED) is 0.522. The lowest BCUT2D eigenvalue weighted by Gasteiger charge is -2.30. The maximum absolute atomic E-state index is 14.6. The fourth-order valence-electron chi connectivity index (χ4n) is 3.61. The van der Waals surface area contributed by atoms with Crippen LogP contribution in [0.3, 0.4) is 0 Å². The summed E-state index contributed by atoms with van der Waals surface area (Å²) in [5, 5.41) is 6.94.